The van der Waals surface area contributed by atoms with Gasteiger partial charge >= 0.3 is 0 Å². The fourth-order valence-electron chi connectivity index (χ4n) is 3.25. The number of hydrogen-bond donors (Lipinski definition) is 1. The maximum absolute atomic E-state index is 12.3. The van der Waals surface area contributed by atoms with E-state index < -0.39 is 0 Å². The summed E-state index contributed by atoms with van der Waals surface area (Å²) in [6.45, 7) is 10.2. The zero-order valence-corrected chi connectivity index (χ0v) is 12.6. The van der Waals surface area contributed by atoms with Gasteiger partial charge in [-0.25, -0.2) is 0 Å². The summed E-state index contributed by atoms with van der Waals surface area (Å²) in [7, 11) is 0. The molecule has 1 rings (SSSR count). The molecule has 1 aliphatic heterocycles. The first-order valence-electron chi connectivity index (χ1n) is 7.22. The van der Waals surface area contributed by atoms with Crippen molar-refractivity contribution in [1.82, 2.24) is 5.06 Å². The van der Waals surface area contributed by atoms with Crippen molar-refractivity contribution < 1.29 is 10.0 Å². The van der Waals surface area contributed by atoms with Crippen LogP contribution in [0.3, 0.4) is 0 Å². The molecule has 18 heavy (non-hydrogen) atoms. The van der Waals surface area contributed by atoms with E-state index in [-0.39, 0.29) is 17.0 Å². The Hall–Kier alpha value is -0.410. The lowest BCUT2D eigenvalue weighted by molar-refractivity contribution is -0.249. The molecule has 0 aromatic carbocycles. The number of unbranched alkanes of at least 4 members (excludes halogenated alkanes) is 2. The van der Waals surface area contributed by atoms with Crippen molar-refractivity contribution in [3.63, 3.8) is 0 Å². The van der Waals surface area contributed by atoms with Gasteiger partial charge in [-0.3, -0.25) is 4.79 Å². The zero-order valence-electron chi connectivity index (χ0n) is 12.6. The molecule has 0 aliphatic carbocycles. The van der Waals surface area contributed by atoms with E-state index in [2.05, 4.69) is 6.92 Å². The number of Topliss-reactive ketones (excluding diaryl/α,β-unsaturated/α-hetero) is 1. The summed E-state index contributed by atoms with van der Waals surface area (Å²) >= 11 is 0. The standard InChI is InChI=1S/C15H29NO2/c1-6-7-8-9-13(17)12-10-14(2,3)16(18)15(4,5)11-12/h12,18H,6-11H2,1-5H3. The summed E-state index contributed by atoms with van der Waals surface area (Å²) < 4.78 is 0. The Labute approximate surface area is 112 Å². The first kappa shape index (κ1) is 15.6. The Bertz CT molecular complexity index is 279. The maximum atomic E-state index is 12.3. The van der Waals surface area contributed by atoms with Crippen LogP contribution < -0.4 is 0 Å². The van der Waals surface area contributed by atoms with Crippen molar-refractivity contribution in [2.45, 2.75) is 84.2 Å². The monoisotopic (exact) mass is 255 g/mol. The lowest BCUT2D eigenvalue weighted by atomic mass is 9.73. The Kier molecular flexibility index (Phi) is 4.96. The lowest BCUT2D eigenvalue weighted by Crippen LogP contribution is -2.59. The molecule has 1 aliphatic rings. The highest BCUT2D eigenvalue weighted by Crippen LogP contribution is 2.40. The first-order valence-corrected chi connectivity index (χ1v) is 7.22. The van der Waals surface area contributed by atoms with Gasteiger partial charge in [-0.05, 0) is 47.0 Å². The highest BCUT2D eigenvalue weighted by atomic mass is 16.5. The number of ketones is 1. The van der Waals surface area contributed by atoms with Gasteiger partial charge in [-0.2, -0.15) is 5.06 Å². The van der Waals surface area contributed by atoms with Crippen LogP contribution in [0.4, 0.5) is 0 Å². The van der Waals surface area contributed by atoms with Crippen LogP contribution >= 0.6 is 0 Å². The second-order valence-corrected chi connectivity index (χ2v) is 6.97. The van der Waals surface area contributed by atoms with Crippen molar-refractivity contribution >= 4 is 5.78 Å². The normalized spacial score (nSPS) is 24.1. The van der Waals surface area contributed by atoms with Crippen LogP contribution in [0.1, 0.15) is 73.1 Å². The molecule has 0 spiro atoms. The Morgan fingerprint density at radius 2 is 1.67 bits per heavy atom. The average Bonchev–Trinajstić information content (AvgIpc) is 2.25. The zero-order chi connectivity index (χ0) is 14.0. The number of hydrogen-bond acceptors (Lipinski definition) is 3. The number of piperidine rings is 1. The molecule has 0 atom stereocenters. The molecule has 0 bridgehead atoms. The molecule has 0 radical (unpaired) electrons. The summed E-state index contributed by atoms with van der Waals surface area (Å²) in [5.74, 6) is 0.493. The third-order valence-electron chi connectivity index (χ3n) is 4.12. The predicted molar refractivity (Wildman–Crippen MR) is 73.7 cm³/mol. The summed E-state index contributed by atoms with van der Waals surface area (Å²) in [5, 5.41) is 11.6. The SMILES string of the molecule is CCCCCC(=O)C1CC(C)(C)N(O)C(C)(C)C1. The van der Waals surface area contributed by atoms with Crippen LogP contribution in [0.5, 0.6) is 0 Å². The molecule has 106 valence electrons. The van der Waals surface area contributed by atoms with E-state index in [1.807, 2.05) is 27.7 Å². The molecule has 1 heterocycles. The highest BCUT2D eigenvalue weighted by molar-refractivity contribution is 5.81. The fourth-order valence-corrected chi connectivity index (χ4v) is 3.25. The average molecular weight is 255 g/mol. The second kappa shape index (κ2) is 5.70. The summed E-state index contributed by atoms with van der Waals surface area (Å²) in [6, 6.07) is 0. The first-order chi connectivity index (χ1) is 8.20. The molecule has 0 saturated carbocycles. The van der Waals surface area contributed by atoms with Gasteiger partial charge in [-0.1, -0.05) is 19.8 Å². The molecule has 1 N–H and O–H groups in total. The van der Waals surface area contributed by atoms with Crippen LogP contribution in [0.25, 0.3) is 0 Å². The molecule has 0 aromatic heterocycles. The number of rotatable bonds is 5. The van der Waals surface area contributed by atoms with Gasteiger partial charge in [-0.15, -0.1) is 0 Å². The summed E-state index contributed by atoms with van der Waals surface area (Å²) in [4.78, 5) is 12.3. The van der Waals surface area contributed by atoms with Gasteiger partial charge in [0.2, 0.25) is 0 Å². The van der Waals surface area contributed by atoms with E-state index in [4.69, 9.17) is 0 Å². The van der Waals surface area contributed by atoms with E-state index in [0.29, 0.717) is 12.2 Å². The molecule has 0 aromatic rings. The number of hydroxylamine groups is 2. The number of carbonyl (C=O) groups excluding carboxylic acids is 1. The van der Waals surface area contributed by atoms with E-state index in [0.717, 1.165) is 32.1 Å². The van der Waals surface area contributed by atoms with E-state index in [9.17, 15) is 10.0 Å². The fraction of sp³-hybridized carbons (Fsp3) is 0.933. The second-order valence-electron chi connectivity index (χ2n) is 6.97. The van der Waals surface area contributed by atoms with Gasteiger partial charge in [0.25, 0.3) is 0 Å². The minimum atomic E-state index is -0.313. The van der Waals surface area contributed by atoms with Gasteiger partial charge in [0.15, 0.2) is 0 Å². The van der Waals surface area contributed by atoms with E-state index in [1.54, 1.807) is 0 Å². The summed E-state index contributed by atoms with van der Waals surface area (Å²) in [5.41, 5.74) is -0.625. The van der Waals surface area contributed by atoms with Gasteiger partial charge in [0.1, 0.15) is 5.78 Å². The largest absolute Gasteiger partial charge is 0.313 e. The smallest absolute Gasteiger partial charge is 0.136 e. The number of carbonyl (C=O) groups is 1. The highest BCUT2D eigenvalue weighted by Gasteiger charge is 2.46. The molecule has 3 nitrogen and oxygen atoms in total. The minimum absolute atomic E-state index is 0.107. The minimum Gasteiger partial charge on any atom is -0.313 e. The summed E-state index contributed by atoms with van der Waals surface area (Å²) in [6.07, 6.45) is 5.53. The lowest BCUT2D eigenvalue weighted by Gasteiger charge is -2.51. The Morgan fingerprint density at radius 3 is 2.11 bits per heavy atom. The molecule has 3 heteroatoms. The molecular formula is C15H29NO2. The van der Waals surface area contributed by atoms with Crippen molar-refractivity contribution in [3.05, 3.63) is 0 Å². The molecule has 0 amide bonds. The van der Waals surface area contributed by atoms with Crippen molar-refractivity contribution in [3.8, 4) is 0 Å². The van der Waals surface area contributed by atoms with Gasteiger partial charge < -0.3 is 5.21 Å². The van der Waals surface area contributed by atoms with Gasteiger partial charge in [0, 0.05) is 23.4 Å². The molecular weight excluding hydrogens is 226 g/mol. The molecule has 0 unspecified atom stereocenters. The quantitative estimate of drug-likeness (QED) is 0.760. The maximum Gasteiger partial charge on any atom is 0.136 e. The van der Waals surface area contributed by atoms with E-state index in [1.165, 1.54) is 5.06 Å². The van der Waals surface area contributed by atoms with Crippen LogP contribution in [-0.2, 0) is 4.79 Å². The topological polar surface area (TPSA) is 40.5 Å². The van der Waals surface area contributed by atoms with Crippen molar-refractivity contribution in [2.75, 3.05) is 0 Å². The Balaban J connectivity index is 2.65. The van der Waals surface area contributed by atoms with Crippen LogP contribution in [0.2, 0.25) is 0 Å². The van der Waals surface area contributed by atoms with Crippen molar-refractivity contribution in [2.24, 2.45) is 5.92 Å². The molecule has 1 saturated heterocycles. The van der Waals surface area contributed by atoms with Crippen molar-refractivity contribution in [1.29, 1.82) is 0 Å². The van der Waals surface area contributed by atoms with Gasteiger partial charge in [0.05, 0.1) is 0 Å². The van der Waals surface area contributed by atoms with Crippen LogP contribution in [0.15, 0.2) is 0 Å². The predicted octanol–water partition coefficient (Wildman–Crippen LogP) is 3.79. The van der Waals surface area contributed by atoms with Crippen LogP contribution in [0, 0.1) is 5.92 Å². The number of nitrogens with zero attached hydrogens (tertiary/aromatic N) is 1. The third kappa shape index (κ3) is 3.55. The Morgan fingerprint density at radius 1 is 1.17 bits per heavy atom. The third-order valence-corrected chi connectivity index (χ3v) is 4.12. The van der Waals surface area contributed by atoms with E-state index >= 15 is 0 Å². The molecule has 1 fully saturated rings. The van der Waals surface area contributed by atoms with Crippen LogP contribution in [-0.4, -0.2) is 27.1 Å².